The van der Waals surface area contributed by atoms with Gasteiger partial charge in [-0.05, 0) is 41.4 Å². The van der Waals surface area contributed by atoms with Gasteiger partial charge in [-0.15, -0.1) is 11.3 Å². The van der Waals surface area contributed by atoms with Gasteiger partial charge >= 0.3 is 0 Å². The Morgan fingerprint density at radius 3 is 2.53 bits per heavy atom. The number of hydrogen-bond acceptors (Lipinski definition) is 4. The maximum Gasteiger partial charge on any atom is 0.281 e. The molecule has 0 bridgehead atoms. The standard InChI is InChI=1S/C9H3Cl2NO2S/c10-7(13)4-1-2-5-6(3-4)15-9(12-5)8(11)14/h1-3H. The minimum Gasteiger partial charge on any atom is -0.276 e. The minimum absolute atomic E-state index is 0.214. The van der Waals surface area contributed by atoms with Crippen LogP contribution in [0.3, 0.4) is 0 Å². The number of thiazole rings is 1. The number of fused-ring (bicyclic) bond motifs is 1. The molecule has 1 heterocycles. The fraction of sp³-hybridized carbons (Fsp3) is 0. The Bertz CT molecular complexity index is 552. The molecule has 0 N–H and O–H groups in total. The van der Waals surface area contributed by atoms with Gasteiger partial charge in [-0.3, -0.25) is 9.59 Å². The highest BCUT2D eigenvalue weighted by Crippen LogP contribution is 2.24. The van der Waals surface area contributed by atoms with Crippen LogP contribution in [0.25, 0.3) is 10.2 Å². The summed E-state index contributed by atoms with van der Waals surface area (Å²) in [5.41, 5.74) is 1.01. The molecule has 0 saturated carbocycles. The summed E-state index contributed by atoms with van der Waals surface area (Å²) in [4.78, 5) is 25.7. The third-order valence-electron chi connectivity index (χ3n) is 1.78. The van der Waals surface area contributed by atoms with Crippen LogP contribution in [0, 0.1) is 0 Å². The van der Waals surface area contributed by atoms with Gasteiger partial charge in [0.1, 0.15) is 0 Å². The molecule has 1 aromatic heterocycles. The van der Waals surface area contributed by atoms with Gasteiger partial charge in [0.15, 0.2) is 5.01 Å². The summed E-state index contributed by atoms with van der Waals surface area (Å²) in [6.45, 7) is 0. The second-order valence-electron chi connectivity index (χ2n) is 2.75. The fourth-order valence-electron chi connectivity index (χ4n) is 1.13. The van der Waals surface area contributed by atoms with Crippen LogP contribution < -0.4 is 0 Å². The zero-order valence-electron chi connectivity index (χ0n) is 7.16. The number of hydrogen-bond donors (Lipinski definition) is 0. The first-order chi connectivity index (χ1) is 7.08. The van der Waals surface area contributed by atoms with Crippen molar-refractivity contribution in [2.75, 3.05) is 0 Å². The first kappa shape index (κ1) is 10.5. The van der Waals surface area contributed by atoms with Gasteiger partial charge in [0, 0.05) is 5.56 Å². The van der Waals surface area contributed by atoms with Crippen LogP contribution in [0.5, 0.6) is 0 Å². The van der Waals surface area contributed by atoms with E-state index in [0.29, 0.717) is 15.8 Å². The van der Waals surface area contributed by atoms with Crippen molar-refractivity contribution in [3.05, 3.63) is 28.8 Å². The van der Waals surface area contributed by atoms with Crippen molar-refractivity contribution in [2.24, 2.45) is 0 Å². The molecular formula is C9H3Cl2NO2S. The molecule has 2 aromatic rings. The molecule has 15 heavy (non-hydrogen) atoms. The van der Waals surface area contributed by atoms with E-state index in [0.717, 1.165) is 11.3 Å². The molecule has 3 nitrogen and oxygen atoms in total. The first-order valence-corrected chi connectivity index (χ1v) is 5.45. The lowest BCUT2D eigenvalue weighted by Gasteiger charge is -1.91. The highest BCUT2D eigenvalue weighted by atomic mass is 35.5. The smallest absolute Gasteiger partial charge is 0.276 e. The molecule has 0 spiro atoms. The van der Waals surface area contributed by atoms with Crippen LogP contribution in [0.4, 0.5) is 0 Å². The number of halogens is 2. The molecule has 0 aliphatic carbocycles. The van der Waals surface area contributed by atoms with E-state index >= 15 is 0 Å². The van der Waals surface area contributed by atoms with Gasteiger partial charge in [-0.25, -0.2) is 4.98 Å². The summed E-state index contributed by atoms with van der Waals surface area (Å²) >= 11 is 11.8. The van der Waals surface area contributed by atoms with E-state index in [-0.39, 0.29) is 5.01 Å². The molecular weight excluding hydrogens is 257 g/mol. The first-order valence-electron chi connectivity index (χ1n) is 3.88. The molecule has 76 valence electrons. The predicted octanol–water partition coefficient (Wildman–Crippen LogP) is 3.05. The van der Waals surface area contributed by atoms with Crippen LogP contribution in [0.1, 0.15) is 20.2 Å². The van der Waals surface area contributed by atoms with E-state index in [2.05, 4.69) is 4.98 Å². The van der Waals surface area contributed by atoms with Crippen LogP contribution in [0.2, 0.25) is 0 Å². The summed E-state index contributed by atoms with van der Waals surface area (Å²) in [7, 11) is 0. The monoisotopic (exact) mass is 259 g/mol. The zero-order valence-corrected chi connectivity index (χ0v) is 9.49. The molecule has 0 saturated heterocycles. The Hall–Kier alpha value is -0.970. The van der Waals surface area contributed by atoms with Gasteiger partial charge in [0.2, 0.25) is 0 Å². The lowest BCUT2D eigenvalue weighted by molar-refractivity contribution is 0.107. The van der Waals surface area contributed by atoms with Crippen molar-refractivity contribution in [1.82, 2.24) is 4.98 Å². The predicted molar refractivity (Wildman–Crippen MR) is 60.0 cm³/mol. The van der Waals surface area contributed by atoms with Crippen molar-refractivity contribution < 1.29 is 9.59 Å². The zero-order chi connectivity index (χ0) is 11.0. The minimum atomic E-state index is -0.602. The van der Waals surface area contributed by atoms with Crippen molar-refractivity contribution in [2.45, 2.75) is 0 Å². The number of rotatable bonds is 2. The molecule has 6 heteroatoms. The van der Waals surface area contributed by atoms with E-state index in [1.165, 1.54) is 0 Å². The summed E-state index contributed by atoms with van der Waals surface area (Å²) in [5, 5.41) is -0.926. The molecule has 1 aromatic carbocycles. The number of carbonyl (C=O) groups excluding carboxylic acids is 2. The molecule has 0 atom stereocenters. The highest BCUT2D eigenvalue weighted by Gasteiger charge is 2.11. The second kappa shape index (κ2) is 3.89. The fourth-order valence-corrected chi connectivity index (χ4v) is 2.24. The lowest BCUT2D eigenvalue weighted by Crippen LogP contribution is -1.86. The van der Waals surface area contributed by atoms with E-state index < -0.39 is 10.5 Å². The van der Waals surface area contributed by atoms with Crippen LogP contribution in [-0.2, 0) is 0 Å². The number of nitrogens with zero attached hydrogens (tertiary/aromatic N) is 1. The summed E-state index contributed by atoms with van der Waals surface area (Å²) in [6, 6.07) is 4.77. The normalized spacial score (nSPS) is 10.5. The Morgan fingerprint density at radius 1 is 1.20 bits per heavy atom. The van der Waals surface area contributed by atoms with Crippen LogP contribution in [0.15, 0.2) is 18.2 Å². The number of aromatic nitrogens is 1. The topological polar surface area (TPSA) is 47.0 Å². The second-order valence-corrected chi connectivity index (χ2v) is 4.47. The third kappa shape index (κ3) is 2.02. The van der Waals surface area contributed by atoms with Crippen molar-refractivity contribution in [3.63, 3.8) is 0 Å². The van der Waals surface area contributed by atoms with Crippen molar-refractivity contribution >= 4 is 55.2 Å². The number of benzene rings is 1. The van der Waals surface area contributed by atoms with Gasteiger partial charge < -0.3 is 0 Å². The Morgan fingerprint density at radius 2 is 1.93 bits per heavy atom. The molecule has 0 unspecified atom stereocenters. The average molecular weight is 260 g/mol. The quantitative estimate of drug-likeness (QED) is 0.779. The van der Waals surface area contributed by atoms with Gasteiger partial charge in [-0.1, -0.05) is 0 Å². The number of carbonyl (C=O) groups is 2. The van der Waals surface area contributed by atoms with Crippen LogP contribution in [-0.4, -0.2) is 15.5 Å². The maximum atomic E-state index is 10.9. The Balaban J connectivity index is 2.62. The summed E-state index contributed by atoms with van der Waals surface area (Å²) in [6.07, 6.45) is 0. The van der Waals surface area contributed by atoms with Crippen LogP contribution >= 0.6 is 34.5 Å². The largest absolute Gasteiger partial charge is 0.281 e. The molecule has 0 radical (unpaired) electrons. The Labute approximate surface area is 98.6 Å². The summed E-state index contributed by atoms with van der Waals surface area (Å²) in [5.74, 6) is 0. The SMILES string of the molecule is O=C(Cl)c1ccc2nc(C(=O)Cl)sc2c1. The van der Waals surface area contributed by atoms with E-state index in [1.54, 1.807) is 18.2 Å². The van der Waals surface area contributed by atoms with Crippen molar-refractivity contribution in [3.8, 4) is 0 Å². The Kier molecular flexibility index (Phi) is 2.73. The van der Waals surface area contributed by atoms with Crippen molar-refractivity contribution in [1.29, 1.82) is 0 Å². The van der Waals surface area contributed by atoms with Gasteiger partial charge in [0.05, 0.1) is 10.2 Å². The third-order valence-corrected chi connectivity index (χ3v) is 3.31. The van der Waals surface area contributed by atoms with Gasteiger partial charge in [-0.2, -0.15) is 0 Å². The summed E-state index contributed by atoms with van der Waals surface area (Å²) < 4.78 is 0.713. The van der Waals surface area contributed by atoms with E-state index in [1.807, 2.05) is 0 Å². The lowest BCUT2D eigenvalue weighted by atomic mass is 10.2. The van der Waals surface area contributed by atoms with E-state index in [9.17, 15) is 9.59 Å². The molecule has 0 amide bonds. The average Bonchev–Trinajstić information content (AvgIpc) is 2.59. The molecule has 0 aliphatic heterocycles. The van der Waals surface area contributed by atoms with E-state index in [4.69, 9.17) is 23.2 Å². The maximum absolute atomic E-state index is 10.9. The molecule has 0 aliphatic rings. The molecule has 0 fully saturated rings. The van der Waals surface area contributed by atoms with Gasteiger partial charge in [0.25, 0.3) is 10.5 Å². The molecule has 2 rings (SSSR count). The highest BCUT2D eigenvalue weighted by molar-refractivity contribution is 7.21.